The number of nitrogens with one attached hydrogen (secondary N) is 1. The summed E-state index contributed by atoms with van der Waals surface area (Å²) in [5, 5.41) is 13.2. The van der Waals surface area contributed by atoms with Gasteiger partial charge < -0.3 is 15.3 Å². The van der Waals surface area contributed by atoms with Crippen molar-refractivity contribution >= 4 is 11.7 Å². The van der Waals surface area contributed by atoms with E-state index in [0.717, 1.165) is 96.9 Å². The maximum Gasteiger partial charge on any atom is 0.307 e. The van der Waals surface area contributed by atoms with Gasteiger partial charge in [0.1, 0.15) is 5.82 Å². The van der Waals surface area contributed by atoms with E-state index in [4.69, 9.17) is 4.98 Å². The van der Waals surface area contributed by atoms with Gasteiger partial charge in [0.15, 0.2) is 0 Å². The molecule has 0 spiro atoms. The van der Waals surface area contributed by atoms with E-state index < -0.39 is 5.97 Å². The Kier molecular flexibility index (Phi) is 8.48. The largest absolute Gasteiger partial charge is 0.481 e. The molecule has 0 unspecified atom stereocenters. The Bertz CT molecular complexity index is 1440. The number of hydrogen-bond donors (Lipinski definition) is 2. The molecule has 1 fully saturated rings. The molecule has 1 saturated heterocycles. The number of nitrogens with zero attached hydrogens (tertiary/aromatic N) is 3. The summed E-state index contributed by atoms with van der Waals surface area (Å²) in [5.74, 6) is -1.02. The average molecular weight is 559 g/mol. The van der Waals surface area contributed by atoms with Crippen molar-refractivity contribution in [1.82, 2.24) is 15.2 Å². The van der Waals surface area contributed by atoms with Crippen LogP contribution in [-0.4, -0.2) is 47.6 Å². The first-order valence-electron chi connectivity index (χ1n) is 14.8. The van der Waals surface area contributed by atoms with Crippen LogP contribution in [0.3, 0.4) is 0 Å². The molecule has 6 nitrogen and oxygen atoms in total. The monoisotopic (exact) mass is 558 g/mol. The lowest BCUT2D eigenvalue weighted by Gasteiger charge is -2.40. The van der Waals surface area contributed by atoms with Crippen molar-refractivity contribution in [2.45, 2.75) is 73.0 Å². The highest BCUT2D eigenvalue weighted by Gasteiger charge is 2.31. The second-order valence-electron chi connectivity index (χ2n) is 12.6. The number of aromatic nitrogens is 1. The molecular formula is C34H43FN4O2. The van der Waals surface area contributed by atoms with E-state index in [1.165, 1.54) is 11.1 Å². The molecule has 7 heteroatoms. The number of anilines is 1. The fourth-order valence-electron chi connectivity index (χ4n) is 6.41. The third-order valence-electron chi connectivity index (χ3n) is 8.94. The van der Waals surface area contributed by atoms with Gasteiger partial charge in [-0.3, -0.25) is 14.7 Å². The average Bonchev–Trinajstić information content (AvgIpc) is 2.91. The Morgan fingerprint density at radius 3 is 2.51 bits per heavy atom. The normalized spacial score (nSPS) is 17.0. The Morgan fingerprint density at radius 2 is 1.83 bits per heavy atom. The number of pyridine rings is 1. The summed E-state index contributed by atoms with van der Waals surface area (Å²) in [7, 11) is 1.93. The SMILES string of the molecule is CNCc1nc(C)c(CC(=O)O)c(N2CCC(C)(C)CC2)c1-c1ccc2c(c1)CCN(Cc1ccc(F)cc1C)C2. The van der Waals surface area contributed by atoms with E-state index >= 15 is 0 Å². The van der Waals surface area contributed by atoms with Crippen molar-refractivity contribution in [1.29, 1.82) is 0 Å². The van der Waals surface area contributed by atoms with Crippen LogP contribution in [-0.2, 0) is 37.3 Å². The highest BCUT2D eigenvalue weighted by atomic mass is 19.1. The van der Waals surface area contributed by atoms with Crippen LogP contribution in [0.2, 0.25) is 0 Å². The van der Waals surface area contributed by atoms with Crippen molar-refractivity contribution in [3.63, 3.8) is 0 Å². The van der Waals surface area contributed by atoms with Gasteiger partial charge in [0.05, 0.1) is 17.8 Å². The lowest BCUT2D eigenvalue weighted by atomic mass is 9.81. The fraction of sp³-hybridized carbons (Fsp3) is 0.471. The molecule has 0 aliphatic carbocycles. The molecule has 1 aromatic heterocycles. The lowest BCUT2D eigenvalue weighted by molar-refractivity contribution is -0.136. The zero-order valence-corrected chi connectivity index (χ0v) is 25.1. The number of fused-ring (bicyclic) bond motifs is 1. The topological polar surface area (TPSA) is 68.7 Å². The second kappa shape index (κ2) is 11.9. The van der Waals surface area contributed by atoms with Crippen molar-refractivity contribution in [2.75, 3.05) is 31.6 Å². The van der Waals surface area contributed by atoms with Crippen LogP contribution < -0.4 is 10.2 Å². The minimum absolute atomic E-state index is 0.0381. The number of aliphatic carboxylic acids is 1. The van der Waals surface area contributed by atoms with E-state index in [-0.39, 0.29) is 17.7 Å². The third kappa shape index (κ3) is 6.47. The van der Waals surface area contributed by atoms with Gasteiger partial charge in [-0.1, -0.05) is 38.1 Å². The van der Waals surface area contributed by atoms with E-state index in [1.54, 1.807) is 12.1 Å². The number of carboxylic acid groups (broad SMARTS) is 1. The van der Waals surface area contributed by atoms with Gasteiger partial charge in [0.2, 0.25) is 0 Å². The molecule has 0 radical (unpaired) electrons. The Morgan fingerprint density at radius 1 is 1.07 bits per heavy atom. The molecule has 218 valence electrons. The van der Waals surface area contributed by atoms with Gasteiger partial charge in [-0.25, -0.2) is 4.39 Å². The number of carbonyl (C=O) groups is 1. The molecule has 2 aliphatic rings. The van der Waals surface area contributed by atoms with Crippen molar-refractivity contribution in [3.05, 3.63) is 81.4 Å². The van der Waals surface area contributed by atoms with Gasteiger partial charge in [-0.2, -0.15) is 0 Å². The standard InChI is InChI=1S/C34H43FN4O2/c1-22-16-28(35)9-8-26(22)20-38-13-10-24-17-25(6-7-27(24)21-38)32-30(19-36-5)37-23(2)29(18-31(40)41)33(32)39-14-11-34(3,4)12-15-39/h6-9,16-17,36H,10-15,18-21H2,1-5H3,(H,40,41). The maximum absolute atomic E-state index is 13.6. The Balaban J connectivity index is 1.53. The van der Waals surface area contributed by atoms with Crippen molar-refractivity contribution in [2.24, 2.45) is 5.41 Å². The van der Waals surface area contributed by atoms with Gasteiger partial charge >= 0.3 is 5.97 Å². The number of benzene rings is 2. The van der Waals surface area contributed by atoms with E-state index in [9.17, 15) is 14.3 Å². The molecule has 5 rings (SSSR count). The van der Waals surface area contributed by atoms with Crippen LogP contribution in [0.25, 0.3) is 11.1 Å². The molecule has 0 saturated carbocycles. The molecule has 2 N–H and O–H groups in total. The lowest BCUT2D eigenvalue weighted by Crippen LogP contribution is -2.38. The molecule has 3 heterocycles. The number of aryl methyl sites for hydroxylation is 2. The minimum Gasteiger partial charge on any atom is -0.481 e. The summed E-state index contributed by atoms with van der Waals surface area (Å²) in [6.45, 7) is 13.5. The highest BCUT2D eigenvalue weighted by molar-refractivity contribution is 5.87. The summed E-state index contributed by atoms with van der Waals surface area (Å²) in [4.78, 5) is 21.8. The first-order chi connectivity index (χ1) is 19.5. The van der Waals surface area contributed by atoms with E-state index in [2.05, 4.69) is 47.2 Å². The zero-order valence-electron chi connectivity index (χ0n) is 25.1. The van der Waals surface area contributed by atoms with Gasteiger partial charge in [-0.05, 0) is 85.5 Å². The molecule has 0 atom stereocenters. The van der Waals surface area contributed by atoms with Crippen LogP contribution in [0, 0.1) is 25.1 Å². The molecule has 2 aliphatic heterocycles. The van der Waals surface area contributed by atoms with Gasteiger partial charge in [0.25, 0.3) is 0 Å². The summed E-state index contributed by atoms with van der Waals surface area (Å²) >= 11 is 0. The molecule has 2 aromatic carbocycles. The fourth-order valence-corrected chi connectivity index (χ4v) is 6.41. The molecule has 0 bridgehead atoms. The van der Waals surface area contributed by atoms with Crippen LogP contribution in [0.1, 0.15) is 65.9 Å². The van der Waals surface area contributed by atoms with Crippen LogP contribution in [0.15, 0.2) is 36.4 Å². The van der Waals surface area contributed by atoms with E-state index in [1.807, 2.05) is 27.0 Å². The summed E-state index contributed by atoms with van der Waals surface area (Å²) < 4.78 is 13.6. The summed E-state index contributed by atoms with van der Waals surface area (Å²) in [6.07, 6.45) is 3.02. The highest BCUT2D eigenvalue weighted by Crippen LogP contribution is 2.42. The molecular weight excluding hydrogens is 515 g/mol. The predicted molar refractivity (Wildman–Crippen MR) is 163 cm³/mol. The number of rotatable bonds is 8. The maximum atomic E-state index is 13.6. The quantitative estimate of drug-likeness (QED) is 0.352. The first kappa shape index (κ1) is 29.2. The minimum atomic E-state index is -0.831. The predicted octanol–water partition coefficient (Wildman–Crippen LogP) is 6.04. The molecule has 41 heavy (non-hydrogen) atoms. The Labute approximate surface area is 243 Å². The third-order valence-corrected chi connectivity index (χ3v) is 8.94. The van der Waals surface area contributed by atoms with E-state index in [0.29, 0.717) is 6.54 Å². The van der Waals surface area contributed by atoms with Gasteiger partial charge in [0, 0.05) is 56.1 Å². The number of halogens is 1. The molecule has 0 amide bonds. The molecule has 3 aromatic rings. The zero-order chi connectivity index (χ0) is 29.3. The van der Waals surface area contributed by atoms with Crippen LogP contribution in [0.4, 0.5) is 10.1 Å². The smallest absolute Gasteiger partial charge is 0.307 e. The van der Waals surface area contributed by atoms with Crippen molar-refractivity contribution in [3.8, 4) is 11.1 Å². The number of carboxylic acids is 1. The number of piperidine rings is 1. The first-order valence-corrected chi connectivity index (χ1v) is 14.8. The summed E-state index contributed by atoms with van der Waals surface area (Å²) in [6, 6.07) is 11.8. The van der Waals surface area contributed by atoms with Crippen LogP contribution >= 0.6 is 0 Å². The van der Waals surface area contributed by atoms with Crippen molar-refractivity contribution < 1.29 is 14.3 Å². The number of hydrogen-bond acceptors (Lipinski definition) is 5. The van der Waals surface area contributed by atoms with Crippen LogP contribution in [0.5, 0.6) is 0 Å². The second-order valence-corrected chi connectivity index (χ2v) is 12.6. The summed E-state index contributed by atoms with van der Waals surface area (Å²) in [5.41, 5.74) is 10.9. The van der Waals surface area contributed by atoms with Gasteiger partial charge in [-0.15, -0.1) is 0 Å². The Hall–Kier alpha value is -3.29.